The third kappa shape index (κ3) is 2.10. The molecular formula is C15H22N2O. The summed E-state index contributed by atoms with van der Waals surface area (Å²) in [7, 11) is 5.80. The minimum Gasteiger partial charge on any atom is -0.497 e. The van der Waals surface area contributed by atoms with Gasteiger partial charge in [0.1, 0.15) is 5.75 Å². The predicted octanol–water partition coefficient (Wildman–Crippen LogP) is 2.68. The maximum absolute atomic E-state index is 5.33. The van der Waals surface area contributed by atoms with E-state index in [9.17, 15) is 0 Å². The second-order valence-electron chi connectivity index (χ2n) is 5.45. The molecular weight excluding hydrogens is 224 g/mol. The van der Waals surface area contributed by atoms with E-state index in [0.29, 0.717) is 0 Å². The lowest BCUT2D eigenvalue weighted by molar-refractivity contribution is 0.415. The number of hydrogen-bond donors (Lipinski definition) is 1. The van der Waals surface area contributed by atoms with E-state index in [-0.39, 0.29) is 5.41 Å². The molecule has 0 bridgehead atoms. The van der Waals surface area contributed by atoms with Crippen LogP contribution in [0.5, 0.6) is 5.75 Å². The summed E-state index contributed by atoms with van der Waals surface area (Å²) in [5.41, 5.74) is 2.70. The average molecular weight is 246 g/mol. The zero-order valence-electron chi connectivity index (χ0n) is 11.9. The van der Waals surface area contributed by atoms with E-state index in [0.717, 1.165) is 12.3 Å². The standard InChI is InChI=1S/C15H22N2O/c1-15(2,10-16-3)13-9-17(4)14-7-6-11(18-5)8-12(13)14/h6-9,16H,10H2,1-5H3. The Balaban J connectivity index is 2.63. The number of likely N-dealkylation sites (N-methyl/N-ethyl adjacent to an activating group) is 1. The van der Waals surface area contributed by atoms with Gasteiger partial charge in [-0.1, -0.05) is 13.8 Å². The van der Waals surface area contributed by atoms with Crippen molar-refractivity contribution in [2.75, 3.05) is 20.7 Å². The first-order valence-corrected chi connectivity index (χ1v) is 6.28. The monoisotopic (exact) mass is 246 g/mol. The quantitative estimate of drug-likeness (QED) is 0.897. The highest BCUT2D eigenvalue weighted by Gasteiger charge is 2.24. The summed E-state index contributed by atoms with van der Waals surface area (Å²) >= 11 is 0. The topological polar surface area (TPSA) is 26.2 Å². The Kier molecular flexibility index (Phi) is 3.35. The summed E-state index contributed by atoms with van der Waals surface area (Å²) in [5.74, 6) is 0.912. The summed E-state index contributed by atoms with van der Waals surface area (Å²) in [6.07, 6.45) is 2.22. The van der Waals surface area contributed by atoms with Crippen molar-refractivity contribution in [2.45, 2.75) is 19.3 Å². The zero-order valence-corrected chi connectivity index (χ0v) is 11.9. The Bertz CT molecular complexity index is 555. The van der Waals surface area contributed by atoms with Crippen LogP contribution in [-0.4, -0.2) is 25.3 Å². The first kappa shape index (κ1) is 13.0. The summed E-state index contributed by atoms with van der Waals surface area (Å²) < 4.78 is 7.52. The molecule has 0 aliphatic carbocycles. The van der Waals surface area contributed by atoms with Gasteiger partial charge in [-0.15, -0.1) is 0 Å². The highest BCUT2D eigenvalue weighted by molar-refractivity contribution is 5.86. The molecule has 0 amide bonds. The number of nitrogens with one attached hydrogen (secondary N) is 1. The molecule has 0 aliphatic heterocycles. The number of benzene rings is 1. The molecule has 2 rings (SSSR count). The van der Waals surface area contributed by atoms with E-state index in [2.05, 4.69) is 49.1 Å². The highest BCUT2D eigenvalue weighted by atomic mass is 16.5. The fourth-order valence-electron chi connectivity index (χ4n) is 2.57. The normalized spacial score (nSPS) is 12.1. The molecule has 98 valence electrons. The van der Waals surface area contributed by atoms with E-state index in [4.69, 9.17) is 4.74 Å². The van der Waals surface area contributed by atoms with Crippen molar-refractivity contribution in [3.8, 4) is 5.75 Å². The van der Waals surface area contributed by atoms with Gasteiger partial charge < -0.3 is 14.6 Å². The zero-order chi connectivity index (χ0) is 13.3. The van der Waals surface area contributed by atoms with Gasteiger partial charge in [-0.25, -0.2) is 0 Å². The Hall–Kier alpha value is -1.48. The van der Waals surface area contributed by atoms with E-state index in [1.54, 1.807) is 7.11 Å². The maximum Gasteiger partial charge on any atom is 0.119 e. The molecule has 1 aromatic heterocycles. The van der Waals surface area contributed by atoms with Crippen molar-refractivity contribution in [1.82, 2.24) is 9.88 Å². The summed E-state index contributed by atoms with van der Waals surface area (Å²) in [6, 6.07) is 6.26. The smallest absolute Gasteiger partial charge is 0.119 e. The molecule has 0 spiro atoms. The molecule has 0 saturated heterocycles. The number of aryl methyl sites for hydroxylation is 1. The molecule has 0 saturated carbocycles. The van der Waals surface area contributed by atoms with Gasteiger partial charge in [0.25, 0.3) is 0 Å². The molecule has 0 unspecified atom stereocenters. The molecule has 3 heteroatoms. The van der Waals surface area contributed by atoms with Crippen molar-refractivity contribution in [1.29, 1.82) is 0 Å². The number of methoxy groups -OCH3 is 1. The van der Waals surface area contributed by atoms with Crippen LogP contribution in [0.4, 0.5) is 0 Å². The van der Waals surface area contributed by atoms with Gasteiger partial charge in [0.2, 0.25) is 0 Å². The second kappa shape index (κ2) is 4.65. The summed E-state index contributed by atoms with van der Waals surface area (Å²) in [4.78, 5) is 0. The Morgan fingerprint density at radius 2 is 2.06 bits per heavy atom. The maximum atomic E-state index is 5.33. The van der Waals surface area contributed by atoms with E-state index in [1.807, 2.05) is 13.1 Å². The first-order chi connectivity index (χ1) is 8.49. The first-order valence-electron chi connectivity index (χ1n) is 6.28. The van der Waals surface area contributed by atoms with Gasteiger partial charge in [-0.2, -0.15) is 0 Å². The van der Waals surface area contributed by atoms with Crippen LogP contribution >= 0.6 is 0 Å². The third-order valence-electron chi connectivity index (χ3n) is 3.54. The van der Waals surface area contributed by atoms with Gasteiger partial charge in [0.15, 0.2) is 0 Å². The van der Waals surface area contributed by atoms with Crippen LogP contribution in [0, 0.1) is 0 Å². The Morgan fingerprint density at radius 1 is 1.33 bits per heavy atom. The van der Waals surface area contributed by atoms with Gasteiger partial charge in [-0.3, -0.25) is 0 Å². The van der Waals surface area contributed by atoms with Gasteiger partial charge >= 0.3 is 0 Å². The minimum absolute atomic E-state index is 0.0978. The molecule has 1 aromatic carbocycles. The van der Waals surface area contributed by atoms with Crippen LogP contribution in [0.1, 0.15) is 19.4 Å². The number of rotatable bonds is 4. The predicted molar refractivity (Wildman–Crippen MR) is 76.4 cm³/mol. The number of aromatic nitrogens is 1. The third-order valence-corrected chi connectivity index (χ3v) is 3.54. The van der Waals surface area contributed by atoms with Crippen LogP contribution in [0.25, 0.3) is 10.9 Å². The fourth-order valence-corrected chi connectivity index (χ4v) is 2.57. The van der Waals surface area contributed by atoms with Crippen LogP contribution in [0.15, 0.2) is 24.4 Å². The Labute approximate surface area is 109 Å². The van der Waals surface area contributed by atoms with Crippen molar-refractivity contribution >= 4 is 10.9 Å². The average Bonchev–Trinajstić information content (AvgIpc) is 2.67. The van der Waals surface area contributed by atoms with Gasteiger partial charge in [0, 0.05) is 36.1 Å². The van der Waals surface area contributed by atoms with Crippen molar-refractivity contribution in [3.05, 3.63) is 30.0 Å². The SMILES string of the molecule is CNCC(C)(C)c1cn(C)c2ccc(OC)cc12. The number of fused-ring (bicyclic) bond motifs is 1. The minimum atomic E-state index is 0.0978. The van der Waals surface area contributed by atoms with Gasteiger partial charge in [0.05, 0.1) is 7.11 Å². The van der Waals surface area contributed by atoms with Crippen LogP contribution in [-0.2, 0) is 12.5 Å². The van der Waals surface area contributed by atoms with Gasteiger partial charge in [-0.05, 0) is 30.8 Å². The molecule has 0 aliphatic rings. The van der Waals surface area contributed by atoms with Crippen molar-refractivity contribution in [2.24, 2.45) is 7.05 Å². The second-order valence-corrected chi connectivity index (χ2v) is 5.45. The largest absolute Gasteiger partial charge is 0.497 e. The fraction of sp³-hybridized carbons (Fsp3) is 0.467. The molecule has 0 radical (unpaired) electrons. The summed E-state index contributed by atoms with van der Waals surface area (Å²) in [6.45, 7) is 5.47. The lowest BCUT2D eigenvalue weighted by Crippen LogP contribution is -2.30. The molecule has 0 atom stereocenters. The van der Waals surface area contributed by atoms with Crippen LogP contribution in [0.3, 0.4) is 0 Å². The molecule has 1 heterocycles. The molecule has 0 fully saturated rings. The number of ether oxygens (including phenoxy) is 1. The number of nitrogens with zero attached hydrogens (tertiary/aromatic N) is 1. The van der Waals surface area contributed by atoms with Crippen molar-refractivity contribution in [3.63, 3.8) is 0 Å². The van der Waals surface area contributed by atoms with E-state index < -0.39 is 0 Å². The lowest BCUT2D eigenvalue weighted by atomic mass is 9.84. The molecule has 1 N–H and O–H groups in total. The Morgan fingerprint density at radius 3 is 2.67 bits per heavy atom. The van der Waals surface area contributed by atoms with Crippen LogP contribution < -0.4 is 10.1 Å². The van der Waals surface area contributed by atoms with Crippen molar-refractivity contribution < 1.29 is 4.74 Å². The van der Waals surface area contributed by atoms with Crippen LogP contribution in [0.2, 0.25) is 0 Å². The molecule has 3 nitrogen and oxygen atoms in total. The van der Waals surface area contributed by atoms with E-state index >= 15 is 0 Å². The molecule has 18 heavy (non-hydrogen) atoms. The van der Waals surface area contributed by atoms with E-state index in [1.165, 1.54) is 16.5 Å². The number of hydrogen-bond acceptors (Lipinski definition) is 2. The lowest BCUT2D eigenvalue weighted by Gasteiger charge is -2.24. The summed E-state index contributed by atoms with van der Waals surface area (Å²) in [5, 5.41) is 4.54. The highest BCUT2D eigenvalue weighted by Crippen LogP contribution is 2.33. The molecule has 2 aromatic rings.